The third-order valence-corrected chi connectivity index (χ3v) is 13.5. The average Bonchev–Trinajstić information content (AvgIpc) is 2.94. The van der Waals surface area contributed by atoms with Gasteiger partial charge in [0.2, 0.25) is 0 Å². The SMILES string of the molecule is C/C=C(\N)C(C)CCC(C)/C=C1\CCCC2C(CC1(C)CC(C)CC(C)CC(C)CC)C(C)(C)C(C)(C)C2(C)C. The molecular weight excluding hydrogens is 482 g/mol. The van der Waals surface area contributed by atoms with E-state index in [1.165, 1.54) is 64.2 Å². The van der Waals surface area contributed by atoms with E-state index in [9.17, 15) is 0 Å². The summed E-state index contributed by atoms with van der Waals surface area (Å²) in [7, 11) is 0. The molecule has 1 nitrogen and oxygen atoms in total. The molecule has 1 heteroatoms. The van der Waals surface area contributed by atoms with Crippen molar-refractivity contribution in [3.63, 3.8) is 0 Å². The zero-order valence-corrected chi connectivity index (χ0v) is 29.8. The quantitative estimate of drug-likeness (QED) is 0.238. The summed E-state index contributed by atoms with van der Waals surface area (Å²) in [5.41, 5.74) is 10.4. The lowest BCUT2D eigenvalue weighted by Gasteiger charge is -2.47. The van der Waals surface area contributed by atoms with Gasteiger partial charge < -0.3 is 5.73 Å². The minimum atomic E-state index is 0.287. The van der Waals surface area contributed by atoms with E-state index in [0.717, 1.165) is 35.3 Å². The molecule has 0 amide bonds. The molecule has 0 aromatic rings. The molecule has 0 heterocycles. The maximum absolute atomic E-state index is 6.27. The molecule has 0 spiro atoms. The monoisotopic (exact) mass is 556 g/mol. The van der Waals surface area contributed by atoms with E-state index in [1.54, 1.807) is 5.57 Å². The van der Waals surface area contributed by atoms with Crippen molar-refractivity contribution in [1.82, 2.24) is 0 Å². The molecule has 0 aromatic carbocycles. The first kappa shape index (κ1) is 35.5. The lowest BCUT2D eigenvalue weighted by atomic mass is 9.58. The molecule has 2 fully saturated rings. The molecule has 0 saturated heterocycles. The Hall–Kier alpha value is -0.720. The van der Waals surface area contributed by atoms with E-state index >= 15 is 0 Å². The number of hydrogen-bond acceptors (Lipinski definition) is 1. The summed E-state index contributed by atoms with van der Waals surface area (Å²) in [6.45, 7) is 35.0. The van der Waals surface area contributed by atoms with Gasteiger partial charge in [-0.1, -0.05) is 114 Å². The molecule has 2 N–H and O–H groups in total. The predicted octanol–water partition coefficient (Wildman–Crippen LogP) is 12.2. The fourth-order valence-electron chi connectivity index (χ4n) is 9.53. The highest BCUT2D eigenvalue weighted by atomic mass is 14.7. The van der Waals surface area contributed by atoms with Crippen molar-refractivity contribution in [2.45, 2.75) is 161 Å². The fraction of sp³-hybridized carbons (Fsp3) is 0.897. The Kier molecular flexibility index (Phi) is 12.2. The van der Waals surface area contributed by atoms with Crippen LogP contribution in [0.4, 0.5) is 0 Å². The van der Waals surface area contributed by atoms with Gasteiger partial charge in [-0.05, 0) is 128 Å². The van der Waals surface area contributed by atoms with Gasteiger partial charge in [0.05, 0.1) is 0 Å². The second-order valence-electron chi connectivity index (χ2n) is 17.3. The number of hydrogen-bond donors (Lipinski definition) is 1. The van der Waals surface area contributed by atoms with Crippen molar-refractivity contribution in [3.8, 4) is 0 Å². The minimum absolute atomic E-state index is 0.287. The topological polar surface area (TPSA) is 26.0 Å². The van der Waals surface area contributed by atoms with Crippen LogP contribution in [0.2, 0.25) is 0 Å². The van der Waals surface area contributed by atoms with Crippen molar-refractivity contribution in [2.24, 2.45) is 68.8 Å². The lowest BCUT2D eigenvalue weighted by Crippen LogP contribution is -2.39. The van der Waals surface area contributed by atoms with E-state index in [4.69, 9.17) is 5.73 Å². The summed E-state index contributed by atoms with van der Waals surface area (Å²) in [4.78, 5) is 0. The van der Waals surface area contributed by atoms with Gasteiger partial charge in [0.1, 0.15) is 0 Å². The van der Waals surface area contributed by atoms with Crippen LogP contribution in [0, 0.1) is 63.1 Å². The van der Waals surface area contributed by atoms with Gasteiger partial charge in [-0.15, -0.1) is 0 Å². The van der Waals surface area contributed by atoms with Crippen LogP contribution in [0.1, 0.15) is 161 Å². The third-order valence-electron chi connectivity index (χ3n) is 13.5. The molecule has 40 heavy (non-hydrogen) atoms. The van der Waals surface area contributed by atoms with Gasteiger partial charge in [0.15, 0.2) is 0 Å². The van der Waals surface area contributed by atoms with Gasteiger partial charge >= 0.3 is 0 Å². The molecular formula is C39H73N. The second-order valence-corrected chi connectivity index (χ2v) is 17.3. The van der Waals surface area contributed by atoms with E-state index in [-0.39, 0.29) is 5.41 Å². The minimum Gasteiger partial charge on any atom is -0.402 e. The highest BCUT2D eigenvalue weighted by molar-refractivity contribution is 5.21. The summed E-state index contributed by atoms with van der Waals surface area (Å²) in [6, 6.07) is 0. The number of allylic oxidation sites excluding steroid dienone is 4. The largest absolute Gasteiger partial charge is 0.402 e. The standard InChI is InChI=1S/C39H73N/c1-15-27(3)22-29(5)23-30(6)25-39(14)26-34-33(36(8,9)38(12,13)37(34,10)11)19-17-18-32(39)24-28(4)20-21-31(7)35(40)16-2/h16,24,27-31,33-34H,15,17-23,25-26,40H2,1-14H3/b32-24+,35-16-. The molecule has 2 aliphatic carbocycles. The third kappa shape index (κ3) is 7.61. The summed E-state index contributed by atoms with van der Waals surface area (Å²) in [6.07, 6.45) is 18.1. The maximum atomic E-state index is 6.27. The van der Waals surface area contributed by atoms with Crippen LogP contribution >= 0.6 is 0 Å². The number of rotatable bonds is 12. The Morgan fingerprint density at radius 1 is 0.850 bits per heavy atom. The van der Waals surface area contributed by atoms with Gasteiger partial charge in [-0.3, -0.25) is 0 Å². The maximum Gasteiger partial charge on any atom is 0.00659 e. The molecule has 8 unspecified atom stereocenters. The smallest absolute Gasteiger partial charge is 0.00659 e. The average molecular weight is 556 g/mol. The second kappa shape index (κ2) is 13.7. The Bertz CT molecular complexity index is 856. The Labute approximate surface area is 253 Å². The Morgan fingerprint density at radius 3 is 2.00 bits per heavy atom. The van der Waals surface area contributed by atoms with Crippen molar-refractivity contribution in [1.29, 1.82) is 0 Å². The molecule has 0 radical (unpaired) electrons. The first-order chi connectivity index (χ1) is 18.3. The normalized spacial score (nSPS) is 33.0. The highest BCUT2D eigenvalue weighted by Gasteiger charge is 2.64. The van der Waals surface area contributed by atoms with E-state index in [0.29, 0.717) is 28.1 Å². The van der Waals surface area contributed by atoms with E-state index in [1.807, 2.05) is 0 Å². The van der Waals surface area contributed by atoms with Crippen molar-refractivity contribution in [2.75, 3.05) is 0 Å². The first-order valence-corrected chi connectivity index (χ1v) is 17.5. The van der Waals surface area contributed by atoms with Crippen LogP contribution in [0.3, 0.4) is 0 Å². The van der Waals surface area contributed by atoms with Crippen molar-refractivity contribution in [3.05, 3.63) is 23.4 Å². The van der Waals surface area contributed by atoms with Gasteiger partial charge in [0.25, 0.3) is 0 Å². The number of nitrogens with two attached hydrogens (primary N) is 1. The molecule has 234 valence electrons. The molecule has 2 saturated carbocycles. The van der Waals surface area contributed by atoms with Crippen LogP contribution in [0.15, 0.2) is 23.4 Å². The number of fused-ring (bicyclic) bond motifs is 1. The molecule has 0 bridgehead atoms. The summed E-state index contributed by atoms with van der Waals surface area (Å²) < 4.78 is 0. The molecule has 0 aromatic heterocycles. The fourth-order valence-corrected chi connectivity index (χ4v) is 9.53. The van der Waals surface area contributed by atoms with Crippen LogP contribution in [-0.2, 0) is 0 Å². The van der Waals surface area contributed by atoms with Gasteiger partial charge in [0, 0.05) is 5.70 Å². The Morgan fingerprint density at radius 2 is 1.43 bits per heavy atom. The zero-order valence-electron chi connectivity index (χ0n) is 29.8. The van der Waals surface area contributed by atoms with Crippen LogP contribution < -0.4 is 5.73 Å². The van der Waals surface area contributed by atoms with Crippen molar-refractivity contribution < 1.29 is 0 Å². The zero-order chi connectivity index (χ0) is 30.7. The van der Waals surface area contributed by atoms with Gasteiger partial charge in [-0.2, -0.15) is 0 Å². The summed E-state index contributed by atoms with van der Waals surface area (Å²) in [5, 5.41) is 0. The first-order valence-electron chi connectivity index (χ1n) is 17.5. The van der Waals surface area contributed by atoms with E-state index < -0.39 is 0 Å². The summed E-state index contributed by atoms with van der Waals surface area (Å²) in [5.74, 6) is 5.12. The van der Waals surface area contributed by atoms with Crippen LogP contribution in [-0.4, -0.2) is 0 Å². The van der Waals surface area contributed by atoms with E-state index in [2.05, 4.69) is 109 Å². The van der Waals surface area contributed by atoms with Crippen LogP contribution in [0.25, 0.3) is 0 Å². The molecule has 0 aliphatic heterocycles. The van der Waals surface area contributed by atoms with Crippen molar-refractivity contribution >= 4 is 0 Å². The van der Waals surface area contributed by atoms with Gasteiger partial charge in [-0.25, -0.2) is 0 Å². The molecule has 2 aliphatic rings. The van der Waals surface area contributed by atoms with Crippen LogP contribution in [0.5, 0.6) is 0 Å². The highest BCUT2D eigenvalue weighted by Crippen LogP contribution is 2.71. The summed E-state index contributed by atoms with van der Waals surface area (Å²) >= 11 is 0. The molecule has 2 rings (SSSR count). The molecule has 8 atom stereocenters. The predicted molar refractivity (Wildman–Crippen MR) is 180 cm³/mol. The Balaban J connectivity index is 2.42. The lowest BCUT2D eigenvalue weighted by molar-refractivity contribution is 0.0258.